The van der Waals surface area contributed by atoms with E-state index >= 15 is 0 Å². The minimum Gasteiger partial charge on any atom is -0.373 e. The lowest BCUT2D eigenvalue weighted by molar-refractivity contribution is 0.0314. The van der Waals surface area contributed by atoms with Gasteiger partial charge in [0.1, 0.15) is 11.6 Å². The molecule has 1 fully saturated rings. The number of anilines is 1. The highest BCUT2D eigenvalue weighted by Crippen LogP contribution is 2.26. The van der Waals surface area contributed by atoms with E-state index in [0.717, 1.165) is 43.5 Å². The summed E-state index contributed by atoms with van der Waals surface area (Å²) in [5.41, 5.74) is 2.38. The second kappa shape index (κ2) is 6.19. The molecule has 0 aromatic carbocycles. The topological polar surface area (TPSA) is 70.8 Å². The molecule has 5 heteroatoms. The normalized spacial score (nSPS) is 21.7. The summed E-state index contributed by atoms with van der Waals surface area (Å²) in [5, 5.41) is 21.1. The van der Waals surface area contributed by atoms with Crippen molar-refractivity contribution < 1.29 is 4.74 Å². The van der Waals surface area contributed by atoms with Crippen molar-refractivity contribution in [1.29, 1.82) is 5.26 Å². The minimum atomic E-state index is -0.162. The Kier molecular flexibility index (Phi) is 4.56. The molecule has 1 aromatic heterocycles. The van der Waals surface area contributed by atoms with E-state index in [-0.39, 0.29) is 5.60 Å². The van der Waals surface area contributed by atoms with Crippen molar-refractivity contribution in [2.24, 2.45) is 0 Å². The van der Waals surface area contributed by atoms with Gasteiger partial charge in [-0.25, -0.2) is 0 Å². The van der Waals surface area contributed by atoms with E-state index in [4.69, 9.17) is 4.74 Å². The highest BCUT2D eigenvalue weighted by molar-refractivity contribution is 5.56. The first-order valence-electron chi connectivity index (χ1n) is 7.30. The molecule has 108 valence electrons. The molecule has 1 saturated heterocycles. The Bertz CT molecular complexity index is 515. The van der Waals surface area contributed by atoms with Gasteiger partial charge in [0.25, 0.3) is 0 Å². The maximum Gasteiger partial charge on any atom is 0.167 e. The Balaban J connectivity index is 2.21. The molecule has 1 aromatic rings. The van der Waals surface area contributed by atoms with Crippen LogP contribution in [0.5, 0.6) is 0 Å². The molecule has 0 amide bonds. The van der Waals surface area contributed by atoms with Gasteiger partial charge >= 0.3 is 0 Å². The summed E-state index contributed by atoms with van der Waals surface area (Å²) < 4.78 is 5.74. The van der Waals surface area contributed by atoms with Crippen molar-refractivity contribution in [2.45, 2.75) is 52.1 Å². The fourth-order valence-electron chi connectivity index (χ4n) is 2.66. The molecule has 1 unspecified atom stereocenters. The summed E-state index contributed by atoms with van der Waals surface area (Å²) in [4.78, 5) is 0. The monoisotopic (exact) mass is 274 g/mol. The fourth-order valence-corrected chi connectivity index (χ4v) is 2.66. The highest BCUT2D eigenvalue weighted by atomic mass is 16.5. The maximum absolute atomic E-state index is 9.42. The van der Waals surface area contributed by atoms with Crippen LogP contribution in [0.25, 0.3) is 0 Å². The molecule has 5 nitrogen and oxygen atoms in total. The molecule has 1 aliphatic heterocycles. The van der Waals surface area contributed by atoms with Crippen molar-refractivity contribution >= 4 is 5.82 Å². The Morgan fingerprint density at radius 3 is 2.70 bits per heavy atom. The quantitative estimate of drug-likeness (QED) is 0.893. The molecule has 2 heterocycles. The van der Waals surface area contributed by atoms with Crippen LogP contribution < -0.4 is 5.32 Å². The molecular weight excluding hydrogens is 252 g/mol. The molecule has 0 spiro atoms. The predicted octanol–water partition coefficient (Wildman–Crippen LogP) is 2.45. The third-order valence-electron chi connectivity index (χ3n) is 3.89. The van der Waals surface area contributed by atoms with Crippen LogP contribution in [0.3, 0.4) is 0 Å². The van der Waals surface area contributed by atoms with Crippen LogP contribution in [0.15, 0.2) is 0 Å². The lowest BCUT2D eigenvalue weighted by Gasteiger charge is -2.24. The van der Waals surface area contributed by atoms with Gasteiger partial charge in [-0.1, -0.05) is 13.8 Å². The van der Waals surface area contributed by atoms with Crippen LogP contribution in [0.2, 0.25) is 0 Å². The molecule has 0 bridgehead atoms. The molecule has 1 aliphatic rings. The van der Waals surface area contributed by atoms with Crippen molar-refractivity contribution in [2.75, 3.05) is 18.5 Å². The van der Waals surface area contributed by atoms with E-state index < -0.39 is 0 Å². The largest absolute Gasteiger partial charge is 0.373 e. The van der Waals surface area contributed by atoms with Crippen LogP contribution in [0, 0.1) is 11.3 Å². The molecule has 20 heavy (non-hydrogen) atoms. The van der Waals surface area contributed by atoms with Gasteiger partial charge in [0.2, 0.25) is 0 Å². The Morgan fingerprint density at radius 2 is 2.15 bits per heavy atom. The van der Waals surface area contributed by atoms with E-state index in [2.05, 4.69) is 28.5 Å². The van der Waals surface area contributed by atoms with E-state index in [1.54, 1.807) is 0 Å². The predicted molar refractivity (Wildman–Crippen MR) is 77.6 cm³/mol. The van der Waals surface area contributed by atoms with Gasteiger partial charge in [0.05, 0.1) is 11.3 Å². The van der Waals surface area contributed by atoms with Gasteiger partial charge in [-0.2, -0.15) is 10.4 Å². The number of hydrogen-bond donors (Lipinski definition) is 1. The summed E-state index contributed by atoms with van der Waals surface area (Å²) in [6, 6.07) is 2.27. The van der Waals surface area contributed by atoms with E-state index in [1.807, 2.05) is 13.8 Å². The van der Waals surface area contributed by atoms with E-state index in [0.29, 0.717) is 17.9 Å². The standard InChI is InChI=1S/C15H22N4O/c1-4-11-12(9-16)14(19-18-13(11)5-2)17-10-15(3)7-6-8-20-15/h4-8,10H2,1-3H3,(H,17,19). The second-order valence-corrected chi connectivity index (χ2v) is 5.42. The number of nitrogens with zero attached hydrogens (tertiary/aromatic N) is 3. The third kappa shape index (κ3) is 2.91. The first-order chi connectivity index (χ1) is 9.63. The fraction of sp³-hybridized carbons (Fsp3) is 0.667. The van der Waals surface area contributed by atoms with Gasteiger partial charge < -0.3 is 10.1 Å². The summed E-state index contributed by atoms with van der Waals surface area (Å²) in [7, 11) is 0. The average Bonchev–Trinajstić information content (AvgIpc) is 2.91. The number of aryl methyl sites for hydroxylation is 1. The number of nitrogens with one attached hydrogen (secondary N) is 1. The summed E-state index contributed by atoms with van der Waals surface area (Å²) >= 11 is 0. The third-order valence-corrected chi connectivity index (χ3v) is 3.89. The van der Waals surface area contributed by atoms with Gasteiger partial charge in [0.15, 0.2) is 5.82 Å². The smallest absolute Gasteiger partial charge is 0.167 e. The Hall–Kier alpha value is -1.67. The van der Waals surface area contributed by atoms with E-state index in [9.17, 15) is 5.26 Å². The molecule has 1 atom stereocenters. The number of nitriles is 1. The number of rotatable bonds is 5. The summed E-state index contributed by atoms with van der Waals surface area (Å²) in [5.74, 6) is 0.582. The minimum absolute atomic E-state index is 0.162. The van der Waals surface area contributed by atoms with Crippen LogP contribution in [-0.2, 0) is 17.6 Å². The van der Waals surface area contributed by atoms with Gasteiger partial charge in [-0.3, -0.25) is 0 Å². The van der Waals surface area contributed by atoms with Crippen molar-refractivity contribution in [1.82, 2.24) is 10.2 Å². The van der Waals surface area contributed by atoms with Gasteiger partial charge in [0, 0.05) is 13.2 Å². The van der Waals surface area contributed by atoms with E-state index in [1.165, 1.54) is 0 Å². The highest BCUT2D eigenvalue weighted by Gasteiger charge is 2.30. The van der Waals surface area contributed by atoms with Crippen molar-refractivity contribution in [3.8, 4) is 6.07 Å². The van der Waals surface area contributed by atoms with Crippen LogP contribution in [0.1, 0.15) is 50.4 Å². The lowest BCUT2D eigenvalue weighted by Crippen LogP contribution is -2.33. The zero-order valence-corrected chi connectivity index (χ0v) is 12.5. The molecule has 0 radical (unpaired) electrons. The molecule has 0 saturated carbocycles. The zero-order valence-electron chi connectivity index (χ0n) is 12.5. The summed E-state index contributed by atoms with van der Waals surface area (Å²) in [6.45, 7) is 7.63. The van der Waals surface area contributed by atoms with Gasteiger partial charge in [-0.15, -0.1) is 5.10 Å². The summed E-state index contributed by atoms with van der Waals surface area (Å²) in [6.07, 6.45) is 3.71. The van der Waals surface area contributed by atoms with Crippen LogP contribution >= 0.6 is 0 Å². The number of aromatic nitrogens is 2. The molecular formula is C15H22N4O. The first-order valence-corrected chi connectivity index (χ1v) is 7.30. The Morgan fingerprint density at radius 1 is 1.35 bits per heavy atom. The average molecular weight is 274 g/mol. The molecule has 1 N–H and O–H groups in total. The van der Waals surface area contributed by atoms with Crippen LogP contribution in [0.4, 0.5) is 5.82 Å². The maximum atomic E-state index is 9.42. The van der Waals surface area contributed by atoms with Gasteiger partial charge in [-0.05, 0) is 38.2 Å². The van der Waals surface area contributed by atoms with Crippen molar-refractivity contribution in [3.63, 3.8) is 0 Å². The lowest BCUT2D eigenvalue weighted by atomic mass is 10.0. The molecule has 2 rings (SSSR count). The Labute approximate surface area is 120 Å². The first kappa shape index (κ1) is 14.7. The zero-order chi connectivity index (χ0) is 14.6. The SMILES string of the molecule is CCc1nnc(NCC2(C)CCCO2)c(C#N)c1CC. The van der Waals surface area contributed by atoms with Crippen LogP contribution in [-0.4, -0.2) is 29.0 Å². The van der Waals surface area contributed by atoms with Crippen molar-refractivity contribution in [3.05, 3.63) is 16.8 Å². The number of hydrogen-bond acceptors (Lipinski definition) is 5. The molecule has 0 aliphatic carbocycles. The second-order valence-electron chi connectivity index (χ2n) is 5.42. The number of ether oxygens (including phenoxy) is 1.